The van der Waals surface area contributed by atoms with Gasteiger partial charge in [0.2, 0.25) is 11.8 Å². The molecule has 326 valence electrons. The molecule has 3 amide bonds. The van der Waals surface area contributed by atoms with Crippen LogP contribution < -0.4 is 27.0 Å². The van der Waals surface area contributed by atoms with Gasteiger partial charge in [-0.3, -0.25) is 38.7 Å². The van der Waals surface area contributed by atoms with E-state index < -0.39 is 30.0 Å². The number of ether oxygens (including phenoxy) is 1. The van der Waals surface area contributed by atoms with E-state index in [1.165, 1.54) is 26.1 Å². The summed E-state index contributed by atoms with van der Waals surface area (Å²) < 4.78 is 38.0. The largest absolute Gasteiger partial charge is 0.396 e. The fraction of sp³-hybridized carbons (Fsp3) is 0.512. The molecule has 4 N–H and O–H groups in total. The molecular formula is C43H50F2N12O5. The molecule has 17 nitrogen and oxygen atoms in total. The van der Waals surface area contributed by atoms with Crippen LogP contribution in [0.25, 0.3) is 16.7 Å². The normalized spacial score (nSPS) is 25.2. The number of benzene rings is 1. The van der Waals surface area contributed by atoms with Crippen LogP contribution in [-0.2, 0) is 21.4 Å². The molecule has 4 aliphatic heterocycles. The number of nitrogens with two attached hydrogens (primary N) is 1. The van der Waals surface area contributed by atoms with Crippen molar-refractivity contribution in [3.8, 4) is 11.8 Å². The lowest BCUT2D eigenvalue weighted by atomic mass is 9.86. The van der Waals surface area contributed by atoms with E-state index in [0.717, 1.165) is 71.4 Å². The molecule has 7 heterocycles. The Morgan fingerprint density at radius 3 is 2.61 bits per heavy atom. The van der Waals surface area contributed by atoms with Crippen LogP contribution in [0.3, 0.4) is 0 Å². The number of imidazole rings is 1. The van der Waals surface area contributed by atoms with Crippen molar-refractivity contribution in [2.24, 2.45) is 23.7 Å². The second-order valence-corrected chi connectivity index (χ2v) is 16.9. The summed E-state index contributed by atoms with van der Waals surface area (Å²) in [4.78, 5) is 67.4. The number of fused-ring (bicyclic) bond motifs is 4. The highest BCUT2D eigenvalue weighted by Gasteiger charge is 2.40. The number of carbonyl (C=O) groups excluding carboxylic acids is 3. The summed E-state index contributed by atoms with van der Waals surface area (Å²) in [6.45, 7) is 6.47. The SMILES string of the molecule is Cn1c(=O)n(C2CCC(=O)NC2=O)c2cccc(C#CCN3CCN(CC4CCC(N=C/C(NC(=O)c5cnn6ccc(N7C[C@H]8C[C@@H]7CO8)nc56)=C(\N)C(F)F)CC4)CC3)c21. The van der Waals surface area contributed by atoms with Gasteiger partial charge in [0, 0.05) is 65.1 Å². The molecule has 0 spiro atoms. The predicted octanol–water partition coefficient (Wildman–Crippen LogP) is 1.80. The van der Waals surface area contributed by atoms with Crippen molar-refractivity contribution in [3.05, 3.63) is 69.7 Å². The van der Waals surface area contributed by atoms with Crippen molar-refractivity contribution in [1.82, 2.24) is 44.2 Å². The number of morpholine rings is 1. The summed E-state index contributed by atoms with van der Waals surface area (Å²) in [6.07, 6.45) is 6.42. The number of rotatable bonds is 10. The number of aliphatic imine (C=N–C) groups is 1. The van der Waals surface area contributed by atoms with Crippen LogP contribution in [0, 0.1) is 17.8 Å². The highest BCUT2D eigenvalue weighted by Crippen LogP contribution is 2.32. The summed E-state index contributed by atoms with van der Waals surface area (Å²) >= 11 is 0. The number of imide groups is 1. The maximum atomic E-state index is 13.9. The van der Waals surface area contributed by atoms with Crippen LogP contribution in [-0.4, -0.2) is 135 Å². The number of nitrogens with zero attached hydrogens (tertiary/aromatic N) is 9. The fourth-order valence-electron chi connectivity index (χ4n) is 9.51. The van der Waals surface area contributed by atoms with Crippen LogP contribution in [0.4, 0.5) is 14.6 Å². The standard InChI is InChI=1S/C43H50F2N12O5/c1-52-38-27(4-2-6-33(38)57(43(52)61)34-11-12-36(58)51-42(34)60)5-3-14-53-16-18-54(19-17-53)23-26-7-9-28(10-8-26)47-22-32(37(46)39(44)45)49-41(59)31-21-48-56-15-13-35(50-40(31)56)55-24-30-20-29(55)25-62-30/h2,4,6,13,15,21-22,26,28-30,34,39H,7-12,14,16-20,23-25,46H2,1H3,(H,49,59)(H,51,58,60)/b37-32+,47-22?/t26?,28?,29-,30-,34?/m1/s1. The molecule has 1 saturated carbocycles. The molecule has 9 rings (SSSR count). The monoisotopic (exact) mass is 852 g/mol. The summed E-state index contributed by atoms with van der Waals surface area (Å²) in [7, 11) is 1.67. The van der Waals surface area contributed by atoms with E-state index in [4.69, 9.17) is 15.5 Å². The minimum Gasteiger partial charge on any atom is -0.396 e. The minimum atomic E-state index is -2.99. The van der Waals surface area contributed by atoms with Gasteiger partial charge in [0.05, 0.1) is 59.8 Å². The Morgan fingerprint density at radius 1 is 1.10 bits per heavy atom. The number of aromatic nitrogens is 5. The zero-order chi connectivity index (χ0) is 43.1. The van der Waals surface area contributed by atoms with Crippen molar-refractivity contribution in [1.29, 1.82) is 0 Å². The highest BCUT2D eigenvalue weighted by molar-refractivity contribution is 6.03. The number of piperidine rings is 1. The number of para-hydroxylation sites is 1. The second-order valence-electron chi connectivity index (χ2n) is 16.9. The lowest BCUT2D eigenvalue weighted by Gasteiger charge is -2.37. The van der Waals surface area contributed by atoms with Crippen molar-refractivity contribution in [2.45, 2.75) is 75.6 Å². The van der Waals surface area contributed by atoms with Crippen molar-refractivity contribution in [3.63, 3.8) is 0 Å². The average molecular weight is 853 g/mol. The fourth-order valence-corrected chi connectivity index (χ4v) is 9.51. The van der Waals surface area contributed by atoms with Crippen LogP contribution in [0.15, 0.2) is 57.8 Å². The van der Waals surface area contributed by atoms with Gasteiger partial charge >= 0.3 is 5.69 Å². The summed E-state index contributed by atoms with van der Waals surface area (Å²) in [5, 5.41) is 9.16. The molecule has 4 saturated heterocycles. The molecule has 1 unspecified atom stereocenters. The van der Waals surface area contributed by atoms with Gasteiger partial charge in [-0.1, -0.05) is 17.9 Å². The first kappa shape index (κ1) is 41.4. The Labute approximate surface area is 355 Å². The average Bonchev–Trinajstić information content (AvgIpc) is 4.07. The number of anilines is 1. The topological polar surface area (TPSA) is 190 Å². The van der Waals surface area contributed by atoms with Gasteiger partial charge in [-0.2, -0.15) is 5.10 Å². The van der Waals surface area contributed by atoms with Crippen LogP contribution in [0.5, 0.6) is 0 Å². The van der Waals surface area contributed by atoms with Crippen LogP contribution in [0.2, 0.25) is 0 Å². The van der Waals surface area contributed by atoms with Crippen LogP contribution >= 0.6 is 0 Å². The quantitative estimate of drug-likeness (QED) is 0.120. The predicted molar refractivity (Wildman–Crippen MR) is 226 cm³/mol. The zero-order valence-electron chi connectivity index (χ0n) is 34.5. The lowest BCUT2D eigenvalue weighted by Crippen LogP contribution is -2.48. The van der Waals surface area contributed by atoms with Crippen molar-refractivity contribution >= 4 is 46.4 Å². The summed E-state index contributed by atoms with van der Waals surface area (Å²) in [5.41, 5.74) is 6.92. The first-order chi connectivity index (χ1) is 30.0. The number of allylic oxidation sites excluding steroid dienone is 2. The molecule has 3 atom stereocenters. The second kappa shape index (κ2) is 17.4. The molecule has 1 aromatic carbocycles. The zero-order valence-corrected chi connectivity index (χ0v) is 34.5. The van der Waals surface area contributed by atoms with E-state index in [0.29, 0.717) is 47.1 Å². The number of piperazine rings is 1. The molecule has 4 aromatic rings. The maximum Gasteiger partial charge on any atom is 0.329 e. The van der Waals surface area contributed by atoms with Gasteiger partial charge < -0.3 is 25.6 Å². The molecule has 1 aliphatic carbocycles. The smallest absolute Gasteiger partial charge is 0.329 e. The van der Waals surface area contributed by atoms with Crippen molar-refractivity contribution in [2.75, 3.05) is 57.3 Å². The maximum absolute atomic E-state index is 13.9. The first-order valence-corrected chi connectivity index (χ1v) is 21.3. The van der Waals surface area contributed by atoms with E-state index in [1.807, 2.05) is 18.2 Å². The van der Waals surface area contributed by atoms with E-state index in [-0.39, 0.29) is 53.9 Å². The summed E-state index contributed by atoms with van der Waals surface area (Å²) in [6, 6.07) is 6.75. The number of hydrogen-bond acceptors (Lipinski definition) is 12. The minimum absolute atomic E-state index is 0.0794. The third kappa shape index (κ3) is 8.33. The molecule has 0 radical (unpaired) electrons. The van der Waals surface area contributed by atoms with E-state index >= 15 is 0 Å². The van der Waals surface area contributed by atoms with Gasteiger partial charge in [-0.25, -0.2) is 23.1 Å². The Hall–Kier alpha value is -5.97. The number of nitrogens with one attached hydrogen (secondary N) is 2. The first-order valence-electron chi connectivity index (χ1n) is 21.3. The third-order valence-corrected chi connectivity index (χ3v) is 13.0. The van der Waals surface area contributed by atoms with Gasteiger partial charge in [0.25, 0.3) is 12.3 Å². The Balaban J connectivity index is 0.755. The number of aryl methyl sites for hydroxylation is 1. The lowest BCUT2D eigenvalue weighted by molar-refractivity contribution is -0.135. The highest BCUT2D eigenvalue weighted by atomic mass is 19.3. The van der Waals surface area contributed by atoms with Gasteiger partial charge in [-0.15, -0.1) is 0 Å². The molecule has 5 aliphatic rings. The third-order valence-electron chi connectivity index (χ3n) is 13.0. The molecule has 3 aromatic heterocycles. The number of hydrogen-bond donors (Lipinski definition) is 3. The summed E-state index contributed by atoms with van der Waals surface area (Å²) in [5.74, 6) is 6.30. The van der Waals surface area contributed by atoms with E-state index in [2.05, 4.69) is 47.3 Å². The van der Waals surface area contributed by atoms with Gasteiger partial charge in [0.15, 0.2) is 5.65 Å². The Kier molecular flexibility index (Phi) is 11.6. The van der Waals surface area contributed by atoms with Crippen LogP contribution in [0.1, 0.15) is 66.9 Å². The van der Waals surface area contributed by atoms with Gasteiger partial charge in [-0.05, 0) is 62.6 Å². The van der Waals surface area contributed by atoms with E-state index in [9.17, 15) is 28.0 Å². The molecular weight excluding hydrogens is 803 g/mol. The number of carbonyl (C=O) groups is 3. The van der Waals surface area contributed by atoms with E-state index in [1.54, 1.807) is 19.3 Å². The molecule has 2 bridgehead atoms. The number of alkyl halides is 2. The van der Waals surface area contributed by atoms with Crippen molar-refractivity contribution < 1.29 is 27.9 Å². The Morgan fingerprint density at radius 2 is 1.89 bits per heavy atom. The van der Waals surface area contributed by atoms with Gasteiger partial charge in [0.1, 0.15) is 23.1 Å². The molecule has 62 heavy (non-hydrogen) atoms. The number of halogens is 2. The number of amides is 3. The molecule has 19 heteroatoms. The Bertz CT molecular complexity index is 2570. The molecule has 5 fully saturated rings.